The Labute approximate surface area is 157 Å². The maximum atomic E-state index is 12.4. The molecule has 1 aliphatic carbocycles. The molecular weight excluding hydrogens is 374 g/mol. The highest BCUT2D eigenvalue weighted by molar-refractivity contribution is 7.99. The lowest BCUT2D eigenvalue weighted by Gasteiger charge is -2.15. The largest absolute Gasteiger partial charge is 0.325 e. The fourth-order valence-electron chi connectivity index (χ4n) is 2.42. The van der Waals surface area contributed by atoms with Gasteiger partial charge in [0.15, 0.2) is 5.16 Å². The van der Waals surface area contributed by atoms with E-state index in [1.54, 1.807) is 25.4 Å². The molecule has 1 aromatic heterocycles. The monoisotopic (exact) mass is 395 g/mol. The summed E-state index contributed by atoms with van der Waals surface area (Å²) in [5.74, 6) is -0.0490. The molecule has 0 spiro atoms. The molecule has 1 saturated carbocycles. The SMILES string of the molecule is Cc1ccc(NC(=O)CSc2nncn2C2CC2)cc1S(=O)(=O)N(C)C. The van der Waals surface area contributed by atoms with E-state index < -0.39 is 10.0 Å². The number of sulfonamides is 1. The molecule has 1 aromatic carbocycles. The van der Waals surface area contributed by atoms with Crippen LogP contribution in [-0.4, -0.2) is 53.2 Å². The smallest absolute Gasteiger partial charge is 0.242 e. The molecule has 1 aliphatic rings. The van der Waals surface area contributed by atoms with E-state index in [2.05, 4.69) is 15.5 Å². The third kappa shape index (κ3) is 4.08. The molecular formula is C16H21N5O3S2. The summed E-state index contributed by atoms with van der Waals surface area (Å²) in [6.45, 7) is 1.72. The second kappa shape index (κ2) is 7.37. The van der Waals surface area contributed by atoms with E-state index in [0.717, 1.165) is 22.3 Å². The number of amides is 1. The van der Waals surface area contributed by atoms with Gasteiger partial charge in [-0.1, -0.05) is 17.8 Å². The van der Waals surface area contributed by atoms with E-state index in [-0.39, 0.29) is 16.6 Å². The van der Waals surface area contributed by atoms with Gasteiger partial charge in [0.1, 0.15) is 6.33 Å². The lowest BCUT2D eigenvalue weighted by Crippen LogP contribution is -2.23. The Hall–Kier alpha value is -1.91. The molecule has 3 rings (SSSR count). The normalized spacial score (nSPS) is 14.6. The average Bonchev–Trinajstić information content (AvgIpc) is 3.32. The maximum Gasteiger partial charge on any atom is 0.242 e. The standard InChI is InChI=1S/C16H21N5O3S2/c1-11-4-5-12(8-14(11)26(23,24)20(2)3)18-15(22)9-25-16-19-17-10-21(16)13-6-7-13/h4-5,8,10,13H,6-7,9H2,1-3H3,(H,18,22). The van der Waals surface area contributed by atoms with Crippen molar-refractivity contribution in [3.05, 3.63) is 30.1 Å². The summed E-state index contributed by atoms with van der Waals surface area (Å²) < 4.78 is 27.9. The van der Waals surface area contributed by atoms with Gasteiger partial charge in [0.05, 0.1) is 10.6 Å². The molecule has 1 heterocycles. The molecule has 0 saturated heterocycles. The minimum absolute atomic E-state index is 0.176. The lowest BCUT2D eigenvalue weighted by atomic mass is 10.2. The zero-order valence-electron chi connectivity index (χ0n) is 14.8. The molecule has 26 heavy (non-hydrogen) atoms. The van der Waals surface area contributed by atoms with Gasteiger partial charge in [0.2, 0.25) is 15.9 Å². The number of carbonyl (C=O) groups excluding carboxylic acids is 1. The number of thioether (sulfide) groups is 1. The topological polar surface area (TPSA) is 97.2 Å². The van der Waals surface area contributed by atoms with Gasteiger partial charge in [0, 0.05) is 25.8 Å². The van der Waals surface area contributed by atoms with Crippen LogP contribution in [0.1, 0.15) is 24.4 Å². The first-order chi connectivity index (χ1) is 12.3. The first kappa shape index (κ1) is 18.9. The summed E-state index contributed by atoms with van der Waals surface area (Å²) >= 11 is 1.32. The highest BCUT2D eigenvalue weighted by Crippen LogP contribution is 2.37. The Morgan fingerprint density at radius 2 is 2.12 bits per heavy atom. The third-order valence-corrected chi connectivity index (χ3v) is 6.96. The molecule has 0 atom stereocenters. The van der Waals surface area contributed by atoms with Crippen molar-refractivity contribution < 1.29 is 13.2 Å². The van der Waals surface area contributed by atoms with Crippen LogP contribution in [-0.2, 0) is 14.8 Å². The molecule has 1 N–H and O–H groups in total. The number of anilines is 1. The van der Waals surface area contributed by atoms with Crippen molar-refractivity contribution in [2.45, 2.75) is 35.9 Å². The van der Waals surface area contributed by atoms with Crippen molar-refractivity contribution >= 4 is 33.4 Å². The Morgan fingerprint density at radius 3 is 2.77 bits per heavy atom. The number of aryl methyl sites for hydroxylation is 1. The molecule has 0 bridgehead atoms. The highest BCUT2D eigenvalue weighted by atomic mass is 32.2. The van der Waals surface area contributed by atoms with Crippen LogP contribution < -0.4 is 5.32 Å². The van der Waals surface area contributed by atoms with Crippen LogP contribution in [0.4, 0.5) is 5.69 Å². The van der Waals surface area contributed by atoms with Crippen LogP contribution in [0.2, 0.25) is 0 Å². The molecule has 2 aromatic rings. The van der Waals surface area contributed by atoms with Crippen molar-refractivity contribution in [3.63, 3.8) is 0 Å². The highest BCUT2D eigenvalue weighted by Gasteiger charge is 2.26. The minimum Gasteiger partial charge on any atom is -0.325 e. The van der Waals surface area contributed by atoms with E-state index in [1.165, 1.54) is 31.9 Å². The number of nitrogens with zero attached hydrogens (tertiary/aromatic N) is 4. The van der Waals surface area contributed by atoms with Gasteiger partial charge < -0.3 is 9.88 Å². The van der Waals surface area contributed by atoms with Gasteiger partial charge in [-0.2, -0.15) is 0 Å². The summed E-state index contributed by atoms with van der Waals surface area (Å²) in [4.78, 5) is 12.4. The third-order valence-electron chi connectivity index (χ3n) is 4.04. The second-order valence-electron chi connectivity index (χ2n) is 6.36. The van der Waals surface area contributed by atoms with E-state index in [9.17, 15) is 13.2 Å². The minimum atomic E-state index is -3.57. The van der Waals surface area contributed by atoms with Crippen molar-refractivity contribution in [2.75, 3.05) is 25.2 Å². The predicted molar refractivity (Wildman–Crippen MR) is 99.7 cm³/mol. The Balaban J connectivity index is 1.67. The molecule has 0 radical (unpaired) electrons. The van der Waals surface area contributed by atoms with Gasteiger partial charge in [0.25, 0.3) is 0 Å². The number of rotatable bonds is 7. The molecule has 140 valence electrons. The lowest BCUT2D eigenvalue weighted by molar-refractivity contribution is -0.113. The van der Waals surface area contributed by atoms with Crippen LogP contribution in [0.5, 0.6) is 0 Å². The van der Waals surface area contributed by atoms with Crippen LogP contribution in [0.3, 0.4) is 0 Å². The number of hydrogen-bond donors (Lipinski definition) is 1. The zero-order chi connectivity index (χ0) is 18.9. The maximum absolute atomic E-state index is 12.4. The van der Waals surface area contributed by atoms with Crippen LogP contribution in [0.25, 0.3) is 0 Å². The van der Waals surface area contributed by atoms with Crippen LogP contribution >= 0.6 is 11.8 Å². The van der Waals surface area contributed by atoms with E-state index in [0.29, 0.717) is 17.3 Å². The summed E-state index contributed by atoms with van der Waals surface area (Å²) in [5.41, 5.74) is 1.08. The van der Waals surface area contributed by atoms with E-state index >= 15 is 0 Å². The van der Waals surface area contributed by atoms with E-state index in [1.807, 2.05) is 4.57 Å². The summed E-state index contributed by atoms with van der Waals surface area (Å²) in [6, 6.07) is 5.31. The molecule has 8 nitrogen and oxygen atoms in total. The summed E-state index contributed by atoms with van der Waals surface area (Å²) in [7, 11) is -0.609. The number of aromatic nitrogens is 3. The predicted octanol–water partition coefficient (Wildman–Crippen LogP) is 1.90. The van der Waals surface area contributed by atoms with Crippen molar-refractivity contribution in [1.82, 2.24) is 19.1 Å². The van der Waals surface area contributed by atoms with Gasteiger partial charge >= 0.3 is 0 Å². The van der Waals surface area contributed by atoms with Gasteiger partial charge in [-0.05, 0) is 37.5 Å². The Morgan fingerprint density at radius 1 is 1.38 bits per heavy atom. The van der Waals surface area contributed by atoms with Gasteiger partial charge in [-0.3, -0.25) is 4.79 Å². The number of carbonyl (C=O) groups is 1. The first-order valence-electron chi connectivity index (χ1n) is 8.14. The summed E-state index contributed by atoms with van der Waals surface area (Å²) in [6.07, 6.45) is 3.92. The van der Waals surface area contributed by atoms with Crippen molar-refractivity contribution in [2.24, 2.45) is 0 Å². The van der Waals surface area contributed by atoms with E-state index in [4.69, 9.17) is 0 Å². The number of benzene rings is 1. The first-order valence-corrected chi connectivity index (χ1v) is 10.6. The fraction of sp³-hybridized carbons (Fsp3) is 0.438. The molecule has 10 heteroatoms. The molecule has 0 aliphatic heterocycles. The van der Waals surface area contributed by atoms with Gasteiger partial charge in [-0.15, -0.1) is 10.2 Å². The van der Waals surface area contributed by atoms with Crippen LogP contribution in [0, 0.1) is 6.92 Å². The van der Waals surface area contributed by atoms with Crippen molar-refractivity contribution in [3.8, 4) is 0 Å². The zero-order valence-corrected chi connectivity index (χ0v) is 16.5. The van der Waals surface area contributed by atoms with Crippen molar-refractivity contribution in [1.29, 1.82) is 0 Å². The van der Waals surface area contributed by atoms with Gasteiger partial charge in [-0.25, -0.2) is 12.7 Å². The Bertz CT molecular complexity index is 920. The Kier molecular flexibility index (Phi) is 5.35. The molecule has 1 amide bonds. The molecule has 1 fully saturated rings. The molecule has 0 unspecified atom stereocenters. The summed E-state index contributed by atoms with van der Waals surface area (Å²) in [5, 5.41) is 11.4. The quantitative estimate of drug-likeness (QED) is 0.719. The average molecular weight is 396 g/mol. The number of nitrogens with one attached hydrogen (secondary N) is 1. The number of hydrogen-bond acceptors (Lipinski definition) is 6. The second-order valence-corrected chi connectivity index (χ2v) is 9.42. The van der Waals surface area contributed by atoms with Crippen LogP contribution in [0.15, 0.2) is 34.6 Å². The fourth-order valence-corrected chi connectivity index (χ4v) is 4.34.